The highest BCUT2D eigenvalue weighted by atomic mass is 79.9. The zero-order valence-electron chi connectivity index (χ0n) is 6.83. The Hall–Kier alpha value is -0.830. The number of pyridine rings is 1. The van der Waals surface area contributed by atoms with Crippen LogP contribution >= 0.6 is 15.9 Å². The topological polar surface area (TPSA) is 22.1 Å². The summed E-state index contributed by atoms with van der Waals surface area (Å²) in [4.78, 5) is 4.02. The Morgan fingerprint density at radius 1 is 1.58 bits per heavy atom. The zero-order chi connectivity index (χ0) is 8.81. The van der Waals surface area contributed by atoms with Crippen molar-refractivity contribution in [2.24, 2.45) is 0 Å². The van der Waals surface area contributed by atoms with Gasteiger partial charge in [0.15, 0.2) is 0 Å². The van der Waals surface area contributed by atoms with Crippen LogP contribution in [0.1, 0.15) is 5.56 Å². The summed E-state index contributed by atoms with van der Waals surface area (Å²) in [5.74, 6) is 0.784. The van der Waals surface area contributed by atoms with Crippen LogP contribution in [0, 0.1) is 0 Å². The minimum Gasteiger partial charge on any atom is -0.495 e. The van der Waals surface area contributed by atoms with Crippen LogP contribution < -0.4 is 4.74 Å². The van der Waals surface area contributed by atoms with Gasteiger partial charge in [-0.25, -0.2) is 0 Å². The quantitative estimate of drug-likeness (QED) is 0.741. The van der Waals surface area contributed by atoms with Gasteiger partial charge in [-0.15, -0.1) is 0 Å². The van der Waals surface area contributed by atoms with Gasteiger partial charge in [0.2, 0.25) is 0 Å². The number of allylic oxidation sites excluding steroid dienone is 1. The number of hydrogen-bond donors (Lipinski definition) is 0. The molecule has 0 fully saturated rings. The van der Waals surface area contributed by atoms with Crippen molar-refractivity contribution in [3.63, 3.8) is 0 Å². The lowest BCUT2D eigenvalue weighted by Crippen LogP contribution is -1.84. The van der Waals surface area contributed by atoms with Crippen molar-refractivity contribution < 1.29 is 4.74 Å². The van der Waals surface area contributed by atoms with Gasteiger partial charge in [-0.05, 0) is 11.6 Å². The average molecular weight is 228 g/mol. The van der Waals surface area contributed by atoms with E-state index in [1.807, 2.05) is 18.2 Å². The number of ether oxygens (including phenoxy) is 1. The highest BCUT2D eigenvalue weighted by Gasteiger charge is 1.91. The predicted molar refractivity (Wildman–Crippen MR) is 53.6 cm³/mol. The summed E-state index contributed by atoms with van der Waals surface area (Å²) in [6.45, 7) is 0. The Bertz CT molecular complexity index is 273. The molecule has 1 aromatic rings. The summed E-state index contributed by atoms with van der Waals surface area (Å²) >= 11 is 3.30. The van der Waals surface area contributed by atoms with Crippen molar-refractivity contribution in [2.75, 3.05) is 12.4 Å². The number of aromatic nitrogens is 1. The summed E-state index contributed by atoms with van der Waals surface area (Å²) in [6.07, 6.45) is 7.48. The molecule has 1 aromatic heterocycles. The van der Waals surface area contributed by atoms with Gasteiger partial charge in [0, 0.05) is 11.5 Å². The van der Waals surface area contributed by atoms with Crippen molar-refractivity contribution in [3.05, 3.63) is 30.1 Å². The molecule has 1 rings (SSSR count). The second-order valence-electron chi connectivity index (χ2n) is 2.21. The van der Waals surface area contributed by atoms with Crippen LogP contribution in [0.3, 0.4) is 0 Å². The fourth-order valence-electron chi connectivity index (χ4n) is 0.819. The number of nitrogens with zero attached hydrogens (tertiary/aromatic N) is 1. The molecular weight excluding hydrogens is 218 g/mol. The van der Waals surface area contributed by atoms with Crippen molar-refractivity contribution in [3.8, 4) is 5.75 Å². The molecule has 0 spiro atoms. The third kappa shape index (κ3) is 2.66. The Kier molecular flexibility index (Phi) is 3.80. The Morgan fingerprint density at radius 3 is 3.08 bits per heavy atom. The van der Waals surface area contributed by atoms with E-state index in [1.54, 1.807) is 19.5 Å². The number of rotatable bonds is 3. The Morgan fingerprint density at radius 2 is 2.42 bits per heavy atom. The zero-order valence-corrected chi connectivity index (χ0v) is 8.41. The molecule has 1 heterocycles. The second-order valence-corrected chi connectivity index (χ2v) is 2.86. The summed E-state index contributed by atoms with van der Waals surface area (Å²) in [6, 6.07) is 1.94. The molecule has 0 bridgehead atoms. The molecule has 0 aliphatic heterocycles. The highest BCUT2D eigenvalue weighted by molar-refractivity contribution is 9.09. The monoisotopic (exact) mass is 227 g/mol. The van der Waals surface area contributed by atoms with Gasteiger partial charge in [-0.1, -0.05) is 28.1 Å². The fourth-order valence-corrected chi connectivity index (χ4v) is 1.01. The first-order valence-corrected chi connectivity index (χ1v) is 4.70. The van der Waals surface area contributed by atoms with Crippen molar-refractivity contribution >= 4 is 22.0 Å². The van der Waals surface area contributed by atoms with Crippen LogP contribution in [0.5, 0.6) is 5.75 Å². The Balaban J connectivity index is 2.79. The van der Waals surface area contributed by atoms with E-state index in [0.717, 1.165) is 16.6 Å². The van der Waals surface area contributed by atoms with E-state index in [4.69, 9.17) is 4.74 Å². The maximum absolute atomic E-state index is 5.03. The molecule has 0 atom stereocenters. The van der Waals surface area contributed by atoms with Crippen LogP contribution in [0.4, 0.5) is 0 Å². The first-order valence-electron chi connectivity index (χ1n) is 3.58. The summed E-state index contributed by atoms with van der Waals surface area (Å²) in [5, 5.41) is 0.851. The van der Waals surface area contributed by atoms with Gasteiger partial charge >= 0.3 is 0 Å². The van der Waals surface area contributed by atoms with Crippen LogP contribution in [0.25, 0.3) is 6.08 Å². The number of alkyl halides is 1. The van der Waals surface area contributed by atoms with Crippen LogP contribution in [0.15, 0.2) is 24.5 Å². The summed E-state index contributed by atoms with van der Waals surface area (Å²) in [7, 11) is 1.63. The van der Waals surface area contributed by atoms with E-state index < -0.39 is 0 Å². The van der Waals surface area contributed by atoms with Gasteiger partial charge in [-0.3, -0.25) is 4.98 Å². The van der Waals surface area contributed by atoms with Gasteiger partial charge < -0.3 is 4.74 Å². The molecule has 0 aliphatic rings. The maximum atomic E-state index is 5.03. The number of halogens is 1. The first-order chi connectivity index (χ1) is 5.86. The molecule has 2 nitrogen and oxygen atoms in total. The minimum atomic E-state index is 0.784. The van der Waals surface area contributed by atoms with Gasteiger partial charge in [0.25, 0.3) is 0 Å². The van der Waals surface area contributed by atoms with E-state index in [0.29, 0.717) is 0 Å². The average Bonchev–Trinajstić information content (AvgIpc) is 2.15. The van der Waals surface area contributed by atoms with E-state index in [2.05, 4.69) is 20.9 Å². The lowest BCUT2D eigenvalue weighted by molar-refractivity contribution is 0.413. The molecule has 0 N–H and O–H groups in total. The van der Waals surface area contributed by atoms with E-state index in [1.165, 1.54) is 0 Å². The van der Waals surface area contributed by atoms with Crippen molar-refractivity contribution in [1.82, 2.24) is 4.98 Å². The lowest BCUT2D eigenvalue weighted by Gasteiger charge is -1.98. The molecule has 0 saturated heterocycles. The third-order valence-corrected chi connectivity index (χ3v) is 1.74. The van der Waals surface area contributed by atoms with Crippen LogP contribution in [0.2, 0.25) is 0 Å². The summed E-state index contributed by atoms with van der Waals surface area (Å²) < 4.78 is 5.03. The largest absolute Gasteiger partial charge is 0.495 e. The molecule has 0 radical (unpaired) electrons. The van der Waals surface area contributed by atoms with Gasteiger partial charge in [0.05, 0.1) is 13.3 Å². The van der Waals surface area contributed by atoms with Crippen LogP contribution in [-0.4, -0.2) is 17.4 Å². The highest BCUT2D eigenvalue weighted by Crippen LogP contribution is 2.11. The van der Waals surface area contributed by atoms with Crippen molar-refractivity contribution in [1.29, 1.82) is 0 Å². The molecular formula is C9H10BrNO. The summed E-state index contributed by atoms with van der Waals surface area (Å²) in [5.41, 5.74) is 1.05. The fraction of sp³-hybridized carbons (Fsp3) is 0.222. The SMILES string of the molecule is COc1cncc(C=CCBr)c1. The minimum absolute atomic E-state index is 0.784. The van der Waals surface area contributed by atoms with Crippen molar-refractivity contribution in [2.45, 2.75) is 0 Å². The molecule has 3 heteroatoms. The molecule has 0 unspecified atom stereocenters. The second kappa shape index (κ2) is 4.93. The smallest absolute Gasteiger partial charge is 0.137 e. The standard InChI is InChI=1S/C9H10BrNO/c1-12-9-5-8(3-2-4-10)6-11-7-9/h2-3,5-7H,4H2,1H3. The number of hydrogen-bond acceptors (Lipinski definition) is 2. The van der Waals surface area contributed by atoms with Gasteiger partial charge in [0.1, 0.15) is 5.75 Å². The Labute approximate surface area is 80.4 Å². The molecule has 0 amide bonds. The number of methoxy groups -OCH3 is 1. The van der Waals surface area contributed by atoms with Gasteiger partial charge in [-0.2, -0.15) is 0 Å². The molecule has 0 saturated carbocycles. The molecule has 12 heavy (non-hydrogen) atoms. The molecule has 0 aromatic carbocycles. The molecule has 0 aliphatic carbocycles. The maximum Gasteiger partial charge on any atom is 0.137 e. The normalized spacial score (nSPS) is 10.5. The molecule has 64 valence electrons. The third-order valence-electron chi connectivity index (χ3n) is 1.37. The lowest BCUT2D eigenvalue weighted by atomic mass is 10.2. The first kappa shape index (κ1) is 9.26. The van der Waals surface area contributed by atoms with E-state index in [9.17, 15) is 0 Å². The van der Waals surface area contributed by atoms with E-state index >= 15 is 0 Å². The van der Waals surface area contributed by atoms with Crippen LogP contribution in [-0.2, 0) is 0 Å². The predicted octanol–water partition coefficient (Wildman–Crippen LogP) is 2.50. The van der Waals surface area contributed by atoms with E-state index in [-0.39, 0.29) is 0 Å².